The third kappa shape index (κ3) is 2.13. The van der Waals surface area contributed by atoms with E-state index in [1.165, 1.54) is 0 Å². The molecule has 0 unspecified atom stereocenters. The van der Waals surface area contributed by atoms with Crippen LogP contribution in [0.3, 0.4) is 0 Å². The van der Waals surface area contributed by atoms with Crippen molar-refractivity contribution in [2.45, 2.75) is 0 Å². The molecular weight excluding hydrogens is 202 g/mol. The molecule has 0 aliphatic heterocycles. The lowest BCUT2D eigenvalue weighted by Crippen LogP contribution is -1.74. The fourth-order valence-electron chi connectivity index (χ4n) is 0.691. The highest BCUT2D eigenvalue weighted by Gasteiger charge is 1.99. The average Bonchev–Trinajstić information content (AvgIpc) is 1.99. The molecule has 0 aliphatic carbocycles. The van der Waals surface area contributed by atoms with Crippen molar-refractivity contribution in [3.05, 3.63) is 39.3 Å². The van der Waals surface area contributed by atoms with Crippen molar-refractivity contribution < 1.29 is 0 Å². The molecular formula is C8H4Cl3. The summed E-state index contributed by atoms with van der Waals surface area (Å²) in [5.74, 6) is 0. The van der Waals surface area contributed by atoms with E-state index in [-0.39, 0.29) is 0 Å². The standard InChI is InChI=1S/C8H4Cl3/c9-5-4-6-2-1-3-7(10)8(6)11/h1-4H. The van der Waals surface area contributed by atoms with Gasteiger partial charge in [-0.05, 0) is 17.7 Å². The van der Waals surface area contributed by atoms with Gasteiger partial charge in [0.2, 0.25) is 0 Å². The first-order chi connectivity index (χ1) is 5.25. The lowest BCUT2D eigenvalue weighted by atomic mass is 10.2. The lowest BCUT2D eigenvalue weighted by molar-refractivity contribution is 1.66. The van der Waals surface area contributed by atoms with Crippen LogP contribution in [0.2, 0.25) is 10.0 Å². The smallest absolute Gasteiger partial charge is 0.0665 e. The van der Waals surface area contributed by atoms with Crippen LogP contribution in [0.1, 0.15) is 5.56 Å². The Hall–Kier alpha value is -0.170. The molecule has 57 valence electrons. The van der Waals surface area contributed by atoms with E-state index in [1.54, 1.807) is 18.2 Å². The predicted molar refractivity (Wildman–Crippen MR) is 50.0 cm³/mol. The van der Waals surface area contributed by atoms with E-state index in [2.05, 4.69) is 5.54 Å². The van der Waals surface area contributed by atoms with E-state index in [9.17, 15) is 0 Å². The molecule has 0 amide bonds. The minimum atomic E-state index is 0.502. The Morgan fingerprint density at radius 1 is 1.27 bits per heavy atom. The molecule has 1 aromatic rings. The SMILES string of the molecule is Cl[C]=Cc1cccc(Cl)c1Cl. The van der Waals surface area contributed by atoms with Crippen molar-refractivity contribution >= 4 is 40.9 Å². The Morgan fingerprint density at radius 3 is 2.64 bits per heavy atom. The Bertz CT molecular complexity index is 279. The van der Waals surface area contributed by atoms with Gasteiger partial charge < -0.3 is 0 Å². The van der Waals surface area contributed by atoms with Crippen LogP contribution < -0.4 is 0 Å². The van der Waals surface area contributed by atoms with Crippen molar-refractivity contribution in [3.8, 4) is 0 Å². The molecule has 0 N–H and O–H groups in total. The van der Waals surface area contributed by atoms with Crippen molar-refractivity contribution in [2.24, 2.45) is 0 Å². The molecule has 0 spiro atoms. The highest BCUT2D eigenvalue weighted by molar-refractivity contribution is 6.43. The fraction of sp³-hybridized carbons (Fsp3) is 0. The first kappa shape index (κ1) is 8.92. The summed E-state index contributed by atoms with van der Waals surface area (Å²) in [6.45, 7) is 0. The second-order valence-corrected chi connectivity index (χ2v) is 2.90. The summed E-state index contributed by atoms with van der Waals surface area (Å²) in [5.41, 5.74) is 3.13. The number of hydrogen-bond acceptors (Lipinski definition) is 0. The van der Waals surface area contributed by atoms with Crippen LogP contribution in [0, 0.1) is 5.54 Å². The normalized spacial score (nSPS) is 10.8. The second kappa shape index (κ2) is 4.01. The maximum Gasteiger partial charge on any atom is 0.0665 e. The van der Waals surface area contributed by atoms with Gasteiger partial charge in [-0.15, -0.1) is 0 Å². The molecule has 1 rings (SSSR count). The van der Waals surface area contributed by atoms with Gasteiger partial charge >= 0.3 is 0 Å². The van der Waals surface area contributed by atoms with Crippen molar-refractivity contribution in [1.82, 2.24) is 0 Å². The lowest BCUT2D eigenvalue weighted by Gasteiger charge is -1.97. The minimum Gasteiger partial charge on any atom is -0.0827 e. The van der Waals surface area contributed by atoms with Crippen LogP contribution in [0.5, 0.6) is 0 Å². The molecule has 0 heterocycles. The Kier molecular flexibility index (Phi) is 3.25. The molecule has 1 aromatic carbocycles. The molecule has 0 fully saturated rings. The van der Waals surface area contributed by atoms with Crippen LogP contribution in [0.4, 0.5) is 0 Å². The molecule has 0 saturated heterocycles. The zero-order chi connectivity index (χ0) is 8.27. The first-order valence-electron chi connectivity index (χ1n) is 2.89. The minimum absolute atomic E-state index is 0.502. The number of halogens is 3. The maximum atomic E-state index is 5.81. The predicted octanol–water partition coefficient (Wildman–Crippen LogP) is 4.01. The van der Waals surface area contributed by atoms with E-state index < -0.39 is 0 Å². The summed E-state index contributed by atoms with van der Waals surface area (Å²) in [6, 6.07) is 5.33. The number of hydrogen-bond donors (Lipinski definition) is 0. The summed E-state index contributed by atoms with van der Waals surface area (Å²) in [7, 11) is 0. The van der Waals surface area contributed by atoms with Gasteiger partial charge in [-0.25, -0.2) is 0 Å². The summed E-state index contributed by atoms with van der Waals surface area (Å²) < 4.78 is 0. The zero-order valence-corrected chi connectivity index (χ0v) is 7.71. The summed E-state index contributed by atoms with van der Waals surface area (Å²) in [5, 5.41) is 1.02. The van der Waals surface area contributed by atoms with Gasteiger partial charge in [0.25, 0.3) is 0 Å². The Morgan fingerprint density at radius 2 is 2.00 bits per heavy atom. The third-order valence-corrected chi connectivity index (χ3v) is 2.13. The summed E-state index contributed by atoms with van der Waals surface area (Å²) >= 11 is 16.8. The van der Waals surface area contributed by atoms with Gasteiger partial charge in [0.1, 0.15) is 0 Å². The second-order valence-electron chi connectivity index (χ2n) is 1.90. The van der Waals surface area contributed by atoms with Crippen molar-refractivity contribution in [3.63, 3.8) is 0 Å². The topological polar surface area (TPSA) is 0 Å². The molecule has 0 bridgehead atoms. The van der Waals surface area contributed by atoms with E-state index in [4.69, 9.17) is 34.8 Å². The quantitative estimate of drug-likeness (QED) is 0.651. The number of rotatable bonds is 1. The van der Waals surface area contributed by atoms with E-state index in [0.29, 0.717) is 10.0 Å². The van der Waals surface area contributed by atoms with Crippen LogP contribution in [0.25, 0.3) is 6.08 Å². The van der Waals surface area contributed by atoms with Gasteiger partial charge in [0.05, 0.1) is 15.6 Å². The molecule has 0 aliphatic rings. The van der Waals surface area contributed by atoms with Gasteiger partial charge in [-0.3, -0.25) is 0 Å². The van der Waals surface area contributed by atoms with E-state index in [0.717, 1.165) is 5.56 Å². The summed E-state index contributed by atoms with van der Waals surface area (Å²) in [4.78, 5) is 0. The summed E-state index contributed by atoms with van der Waals surface area (Å²) in [6.07, 6.45) is 1.57. The number of benzene rings is 1. The monoisotopic (exact) mass is 205 g/mol. The van der Waals surface area contributed by atoms with Crippen LogP contribution in [-0.2, 0) is 0 Å². The van der Waals surface area contributed by atoms with Crippen molar-refractivity contribution in [2.75, 3.05) is 0 Å². The van der Waals surface area contributed by atoms with Gasteiger partial charge in [-0.2, -0.15) is 0 Å². The van der Waals surface area contributed by atoms with E-state index in [1.807, 2.05) is 6.07 Å². The van der Waals surface area contributed by atoms with Crippen LogP contribution in [-0.4, -0.2) is 0 Å². The zero-order valence-electron chi connectivity index (χ0n) is 5.44. The van der Waals surface area contributed by atoms with E-state index >= 15 is 0 Å². The highest BCUT2D eigenvalue weighted by Crippen LogP contribution is 2.26. The molecule has 3 heteroatoms. The molecule has 1 radical (unpaired) electrons. The first-order valence-corrected chi connectivity index (χ1v) is 4.02. The van der Waals surface area contributed by atoms with Gasteiger partial charge in [0.15, 0.2) is 0 Å². The maximum absolute atomic E-state index is 5.81. The Balaban J connectivity index is 3.16. The molecule has 0 saturated carbocycles. The van der Waals surface area contributed by atoms with Crippen molar-refractivity contribution in [1.29, 1.82) is 0 Å². The van der Waals surface area contributed by atoms with Crippen LogP contribution >= 0.6 is 34.8 Å². The molecule has 0 aromatic heterocycles. The highest BCUT2D eigenvalue weighted by atomic mass is 35.5. The average molecular weight is 206 g/mol. The van der Waals surface area contributed by atoms with Gasteiger partial charge in [-0.1, -0.05) is 46.9 Å². The Labute approximate surface area is 80.4 Å². The third-order valence-electron chi connectivity index (χ3n) is 1.19. The largest absolute Gasteiger partial charge is 0.0827 e. The molecule has 0 atom stereocenters. The molecule has 0 nitrogen and oxygen atoms in total. The molecule has 11 heavy (non-hydrogen) atoms. The fourth-order valence-corrected chi connectivity index (χ4v) is 1.17. The van der Waals surface area contributed by atoms with Crippen LogP contribution in [0.15, 0.2) is 18.2 Å². The van der Waals surface area contributed by atoms with Gasteiger partial charge in [0, 0.05) is 0 Å².